The van der Waals surface area contributed by atoms with E-state index in [-0.39, 0.29) is 23.9 Å². The molecule has 0 spiro atoms. The summed E-state index contributed by atoms with van der Waals surface area (Å²) in [5.41, 5.74) is 1.39. The number of carbonyl (C=O) groups is 1. The number of hydrogen-bond acceptors (Lipinski definition) is 3. The summed E-state index contributed by atoms with van der Waals surface area (Å²) in [5, 5.41) is 2.99. The first-order valence-corrected chi connectivity index (χ1v) is 7.11. The smallest absolute Gasteiger partial charge is 0.238 e. The molecule has 2 aliphatic heterocycles. The van der Waals surface area contributed by atoms with Crippen LogP contribution in [0.3, 0.4) is 0 Å². The van der Waals surface area contributed by atoms with Crippen LogP contribution in [-0.4, -0.2) is 37.5 Å². The fourth-order valence-electron chi connectivity index (χ4n) is 3.19. The van der Waals surface area contributed by atoms with Gasteiger partial charge in [-0.3, -0.25) is 9.69 Å². The second kappa shape index (κ2) is 5.05. The highest BCUT2D eigenvalue weighted by Gasteiger charge is 2.41. The van der Waals surface area contributed by atoms with Gasteiger partial charge in [-0.15, -0.1) is 0 Å². The van der Waals surface area contributed by atoms with Crippen LogP contribution >= 0.6 is 0 Å². The van der Waals surface area contributed by atoms with Crippen LogP contribution in [0.2, 0.25) is 0 Å². The fourth-order valence-corrected chi connectivity index (χ4v) is 3.19. The van der Waals surface area contributed by atoms with E-state index < -0.39 is 0 Å². The number of hydrogen-bond donors (Lipinski definition) is 1. The Hall–Kier alpha value is -1.62. The second-order valence-electron chi connectivity index (χ2n) is 5.77. The summed E-state index contributed by atoms with van der Waals surface area (Å²) in [5.74, 6) is -0.172. The van der Waals surface area contributed by atoms with Crippen molar-refractivity contribution in [2.45, 2.75) is 31.5 Å². The second-order valence-corrected chi connectivity index (χ2v) is 5.77. The van der Waals surface area contributed by atoms with Crippen molar-refractivity contribution in [1.82, 2.24) is 10.2 Å². The van der Waals surface area contributed by atoms with Crippen molar-refractivity contribution in [3.63, 3.8) is 0 Å². The van der Waals surface area contributed by atoms with Gasteiger partial charge in [0.05, 0.1) is 11.7 Å². The quantitative estimate of drug-likeness (QED) is 0.896. The van der Waals surface area contributed by atoms with Gasteiger partial charge < -0.3 is 10.2 Å². The first-order valence-electron chi connectivity index (χ1n) is 7.11. The van der Waals surface area contributed by atoms with Crippen LogP contribution in [0.4, 0.5) is 10.1 Å². The standard InChI is InChI=1S/C15H20FN3O/c1-18(2)12-7-6-10(9-11(12)16)14-17-15(20)13-5-3-4-8-19(13)14/h6-7,9,13-14H,3-5,8H2,1-2H3,(H,17,20)/t13-,14-/m1/s1. The minimum absolute atomic E-state index is 0.0367. The van der Waals surface area contributed by atoms with Gasteiger partial charge in [0.1, 0.15) is 12.0 Å². The van der Waals surface area contributed by atoms with Crippen LogP contribution in [0.5, 0.6) is 0 Å². The third-order valence-corrected chi connectivity index (χ3v) is 4.23. The van der Waals surface area contributed by atoms with Crippen molar-refractivity contribution in [3.8, 4) is 0 Å². The van der Waals surface area contributed by atoms with Crippen molar-refractivity contribution < 1.29 is 9.18 Å². The number of carbonyl (C=O) groups excluding carboxylic acids is 1. The molecule has 1 aromatic carbocycles. The highest BCUT2D eigenvalue weighted by atomic mass is 19.1. The third kappa shape index (κ3) is 2.16. The largest absolute Gasteiger partial charge is 0.375 e. The van der Waals surface area contributed by atoms with E-state index in [1.807, 2.05) is 20.2 Å². The van der Waals surface area contributed by atoms with Gasteiger partial charge in [0.15, 0.2) is 0 Å². The molecule has 2 saturated heterocycles. The molecular formula is C15H20FN3O. The molecule has 0 aliphatic carbocycles. The molecule has 2 atom stereocenters. The van der Waals surface area contributed by atoms with Gasteiger partial charge in [-0.1, -0.05) is 12.5 Å². The summed E-state index contributed by atoms with van der Waals surface area (Å²) in [4.78, 5) is 15.9. The summed E-state index contributed by atoms with van der Waals surface area (Å²) in [6.45, 7) is 0.894. The number of anilines is 1. The Morgan fingerprint density at radius 1 is 1.35 bits per heavy atom. The van der Waals surface area contributed by atoms with Crippen LogP contribution in [0, 0.1) is 5.82 Å². The van der Waals surface area contributed by atoms with E-state index in [1.54, 1.807) is 11.0 Å². The van der Waals surface area contributed by atoms with Gasteiger partial charge in [-0.05, 0) is 30.5 Å². The van der Waals surface area contributed by atoms with Crippen LogP contribution in [0.1, 0.15) is 31.0 Å². The number of halogens is 1. The Kier molecular flexibility index (Phi) is 3.38. The molecule has 2 heterocycles. The zero-order valence-electron chi connectivity index (χ0n) is 11.9. The number of nitrogens with zero attached hydrogens (tertiary/aromatic N) is 2. The maximum absolute atomic E-state index is 14.1. The predicted molar refractivity (Wildman–Crippen MR) is 76.0 cm³/mol. The summed E-state index contributed by atoms with van der Waals surface area (Å²) in [6.07, 6.45) is 2.91. The van der Waals surface area contributed by atoms with E-state index >= 15 is 0 Å². The number of amides is 1. The molecule has 0 radical (unpaired) electrons. The maximum Gasteiger partial charge on any atom is 0.238 e. The van der Waals surface area contributed by atoms with Crippen molar-refractivity contribution >= 4 is 11.6 Å². The van der Waals surface area contributed by atoms with Gasteiger partial charge >= 0.3 is 0 Å². The van der Waals surface area contributed by atoms with Gasteiger partial charge in [0.25, 0.3) is 0 Å². The molecule has 0 bridgehead atoms. The molecule has 0 unspecified atom stereocenters. The molecule has 1 N–H and O–H groups in total. The third-order valence-electron chi connectivity index (χ3n) is 4.23. The number of fused-ring (bicyclic) bond motifs is 1. The summed E-state index contributed by atoms with van der Waals surface area (Å²) < 4.78 is 14.1. The van der Waals surface area contributed by atoms with E-state index in [0.29, 0.717) is 5.69 Å². The SMILES string of the molecule is CN(C)c1ccc([C@@H]2NC(=O)[C@H]3CCCCN32)cc1F. The Bertz CT molecular complexity index is 532. The molecule has 2 fully saturated rings. The van der Waals surface area contributed by atoms with E-state index in [1.165, 1.54) is 6.07 Å². The van der Waals surface area contributed by atoms with Crippen LogP contribution in [0.25, 0.3) is 0 Å². The Labute approximate surface area is 118 Å². The maximum atomic E-state index is 14.1. The van der Waals surface area contributed by atoms with E-state index in [4.69, 9.17) is 0 Å². The van der Waals surface area contributed by atoms with E-state index in [0.717, 1.165) is 31.4 Å². The predicted octanol–water partition coefficient (Wildman–Crippen LogP) is 1.87. The molecule has 1 amide bonds. The molecule has 20 heavy (non-hydrogen) atoms. The molecule has 5 heteroatoms. The van der Waals surface area contributed by atoms with Gasteiger partial charge in [-0.2, -0.15) is 0 Å². The zero-order chi connectivity index (χ0) is 14.3. The topological polar surface area (TPSA) is 35.6 Å². The lowest BCUT2D eigenvalue weighted by atomic mass is 10.0. The lowest BCUT2D eigenvalue weighted by Gasteiger charge is -2.31. The number of benzene rings is 1. The lowest BCUT2D eigenvalue weighted by Crippen LogP contribution is -2.38. The summed E-state index contributed by atoms with van der Waals surface area (Å²) in [7, 11) is 3.63. The Balaban J connectivity index is 1.89. The minimum atomic E-state index is -0.248. The van der Waals surface area contributed by atoms with Gasteiger partial charge in [0.2, 0.25) is 5.91 Å². The Morgan fingerprint density at radius 3 is 2.85 bits per heavy atom. The number of piperidine rings is 1. The van der Waals surface area contributed by atoms with Crippen LogP contribution in [-0.2, 0) is 4.79 Å². The first-order chi connectivity index (χ1) is 9.58. The highest BCUT2D eigenvalue weighted by Crippen LogP contribution is 2.33. The van der Waals surface area contributed by atoms with Crippen molar-refractivity contribution in [2.75, 3.05) is 25.5 Å². The average Bonchev–Trinajstić information content (AvgIpc) is 2.76. The minimum Gasteiger partial charge on any atom is -0.375 e. The lowest BCUT2D eigenvalue weighted by molar-refractivity contribution is -0.122. The first kappa shape index (κ1) is 13.4. The van der Waals surface area contributed by atoms with E-state index in [9.17, 15) is 9.18 Å². The average molecular weight is 277 g/mol. The van der Waals surface area contributed by atoms with Crippen molar-refractivity contribution in [2.24, 2.45) is 0 Å². The monoisotopic (exact) mass is 277 g/mol. The van der Waals surface area contributed by atoms with Crippen LogP contribution < -0.4 is 10.2 Å². The zero-order valence-corrected chi connectivity index (χ0v) is 11.9. The summed E-state index contributed by atoms with van der Waals surface area (Å²) >= 11 is 0. The van der Waals surface area contributed by atoms with Gasteiger partial charge in [0, 0.05) is 20.6 Å². The van der Waals surface area contributed by atoms with Gasteiger partial charge in [-0.25, -0.2) is 4.39 Å². The van der Waals surface area contributed by atoms with Crippen molar-refractivity contribution in [1.29, 1.82) is 0 Å². The molecular weight excluding hydrogens is 257 g/mol. The number of rotatable bonds is 2. The van der Waals surface area contributed by atoms with E-state index in [2.05, 4.69) is 10.2 Å². The molecule has 4 nitrogen and oxygen atoms in total. The normalized spacial score (nSPS) is 26.2. The molecule has 0 saturated carbocycles. The Morgan fingerprint density at radius 2 is 2.15 bits per heavy atom. The molecule has 3 rings (SSSR count). The van der Waals surface area contributed by atoms with Crippen molar-refractivity contribution in [3.05, 3.63) is 29.6 Å². The fraction of sp³-hybridized carbons (Fsp3) is 0.533. The summed E-state index contributed by atoms with van der Waals surface area (Å²) in [6, 6.07) is 5.18. The highest BCUT2D eigenvalue weighted by molar-refractivity contribution is 5.84. The molecule has 1 aromatic rings. The number of nitrogens with one attached hydrogen (secondary N) is 1. The molecule has 0 aromatic heterocycles. The molecule has 2 aliphatic rings. The molecule has 108 valence electrons. The van der Waals surface area contributed by atoms with Crippen LogP contribution in [0.15, 0.2) is 18.2 Å².